The number of amides is 1. The van der Waals surface area contributed by atoms with Crippen molar-refractivity contribution in [1.82, 2.24) is 4.98 Å². The third kappa shape index (κ3) is 4.69. The highest BCUT2D eigenvalue weighted by Gasteiger charge is 2.35. The fourth-order valence-corrected chi connectivity index (χ4v) is 4.72. The molecule has 4 aromatic rings. The van der Waals surface area contributed by atoms with Crippen molar-refractivity contribution in [3.8, 4) is 11.3 Å². The first-order chi connectivity index (χ1) is 17.4. The van der Waals surface area contributed by atoms with Crippen molar-refractivity contribution in [3.63, 3.8) is 0 Å². The lowest BCUT2D eigenvalue weighted by Gasteiger charge is -2.15. The molecule has 8 nitrogen and oxygen atoms in total. The number of hydrogen-bond donors (Lipinski definition) is 0. The predicted octanol–water partition coefficient (Wildman–Crippen LogP) is 6.68. The van der Waals surface area contributed by atoms with E-state index in [2.05, 4.69) is 9.98 Å². The summed E-state index contributed by atoms with van der Waals surface area (Å²) < 4.78 is 5.90. The van der Waals surface area contributed by atoms with Crippen LogP contribution in [-0.4, -0.2) is 21.0 Å². The second-order valence-electron chi connectivity index (χ2n) is 8.10. The minimum Gasteiger partial charge on any atom is -0.456 e. The predicted molar refractivity (Wildman–Crippen MR) is 141 cm³/mol. The van der Waals surface area contributed by atoms with E-state index in [0.717, 1.165) is 11.3 Å². The number of thioether (sulfide) groups is 1. The third-order valence-corrected chi connectivity index (χ3v) is 6.39. The van der Waals surface area contributed by atoms with Gasteiger partial charge in [0.1, 0.15) is 11.5 Å². The van der Waals surface area contributed by atoms with Gasteiger partial charge in [0.15, 0.2) is 11.0 Å². The molecule has 2 aromatic heterocycles. The summed E-state index contributed by atoms with van der Waals surface area (Å²) in [5, 5.41) is 12.0. The molecule has 0 atom stereocenters. The highest BCUT2D eigenvalue weighted by Crippen LogP contribution is 2.38. The number of nitro groups is 1. The van der Waals surface area contributed by atoms with E-state index >= 15 is 0 Å². The monoisotopic (exact) mass is 496 g/mol. The minimum atomic E-state index is -0.431. The quantitative estimate of drug-likeness (QED) is 0.174. The van der Waals surface area contributed by atoms with Crippen LogP contribution in [-0.2, 0) is 4.79 Å². The number of rotatable bonds is 5. The summed E-state index contributed by atoms with van der Waals surface area (Å²) in [5.74, 6) is 0.997. The van der Waals surface area contributed by atoms with Crippen LogP contribution in [0.15, 0.2) is 93.2 Å². The van der Waals surface area contributed by atoms with Crippen LogP contribution in [0.3, 0.4) is 0 Å². The summed E-state index contributed by atoms with van der Waals surface area (Å²) in [4.78, 5) is 35.6. The summed E-state index contributed by atoms with van der Waals surface area (Å²) in [6, 6.07) is 23.1. The van der Waals surface area contributed by atoms with Gasteiger partial charge in [0.25, 0.3) is 11.6 Å². The van der Waals surface area contributed by atoms with E-state index in [-0.39, 0.29) is 11.6 Å². The fraction of sp³-hybridized carbons (Fsp3) is 0.0741. The van der Waals surface area contributed by atoms with E-state index < -0.39 is 4.92 Å². The molecule has 178 valence electrons. The zero-order valence-electron chi connectivity index (χ0n) is 19.4. The number of para-hydroxylation sites is 1. The summed E-state index contributed by atoms with van der Waals surface area (Å²) in [7, 11) is 0. The maximum Gasteiger partial charge on any atom is 0.280 e. The van der Waals surface area contributed by atoms with Crippen molar-refractivity contribution in [2.75, 3.05) is 4.90 Å². The number of benzene rings is 2. The number of hydrogen-bond acceptors (Lipinski definition) is 7. The number of aryl methyl sites for hydroxylation is 2. The first-order valence-corrected chi connectivity index (χ1v) is 11.9. The highest BCUT2D eigenvalue weighted by atomic mass is 32.2. The van der Waals surface area contributed by atoms with Crippen LogP contribution >= 0.6 is 11.8 Å². The van der Waals surface area contributed by atoms with Gasteiger partial charge in [0.2, 0.25) is 0 Å². The van der Waals surface area contributed by atoms with E-state index in [4.69, 9.17) is 4.42 Å². The van der Waals surface area contributed by atoms with Gasteiger partial charge in [-0.2, -0.15) is 0 Å². The summed E-state index contributed by atoms with van der Waals surface area (Å²) in [5.41, 5.74) is 2.62. The van der Waals surface area contributed by atoms with Crippen molar-refractivity contribution >= 4 is 46.1 Å². The molecule has 1 fully saturated rings. The van der Waals surface area contributed by atoms with Gasteiger partial charge >= 0.3 is 0 Å². The average molecular weight is 497 g/mol. The maximum absolute atomic E-state index is 13.4. The number of nitrogens with zero attached hydrogens (tertiary/aromatic N) is 4. The Morgan fingerprint density at radius 1 is 1.03 bits per heavy atom. The number of carbonyl (C=O) groups excluding carboxylic acids is 1. The second kappa shape index (κ2) is 9.63. The lowest BCUT2D eigenvalue weighted by atomic mass is 10.1. The standard InChI is InChI=1S/C27H20N4O4S/c1-17-11-13-21(22(15-17)31(33)34)23-14-12-20(35-23)16-24-26(32)30(19-8-4-3-5-9-19)27(36-24)29-25-10-6-7-18(2)28-25/h3-16H,1-2H3/b24-16+,29-27+. The van der Waals surface area contributed by atoms with E-state index in [0.29, 0.717) is 38.7 Å². The van der Waals surface area contributed by atoms with Crippen molar-refractivity contribution in [2.24, 2.45) is 4.99 Å². The molecule has 0 unspecified atom stereocenters. The van der Waals surface area contributed by atoms with Crippen LogP contribution in [0.4, 0.5) is 17.2 Å². The Labute approximate surface area is 211 Å². The summed E-state index contributed by atoms with van der Waals surface area (Å²) >= 11 is 1.21. The molecule has 5 rings (SSSR count). The van der Waals surface area contributed by atoms with Gasteiger partial charge in [-0.1, -0.05) is 30.3 Å². The van der Waals surface area contributed by atoms with Gasteiger partial charge in [-0.25, -0.2) is 9.98 Å². The van der Waals surface area contributed by atoms with Gasteiger partial charge in [-0.15, -0.1) is 0 Å². The Morgan fingerprint density at radius 2 is 1.83 bits per heavy atom. The molecule has 3 heterocycles. The number of carbonyl (C=O) groups is 1. The molecule has 1 saturated heterocycles. The first-order valence-electron chi connectivity index (χ1n) is 11.1. The SMILES string of the molecule is Cc1ccc(-c2ccc(/C=C3/S/C(=N/c4cccc(C)n4)N(c4ccccc4)C3=O)o2)c([N+](=O)[O-])c1. The Morgan fingerprint density at radius 3 is 2.58 bits per heavy atom. The van der Waals surface area contributed by atoms with E-state index in [9.17, 15) is 14.9 Å². The van der Waals surface area contributed by atoms with E-state index in [1.54, 1.807) is 43.3 Å². The zero-order chi connectivity index (χ0) is 25.2. The van der Waals surface area contributed by atoms with Crippen LogP contribution < -0.4 is 4.90 Å². The molecule has 1 aliphatic heterocycles. The number of nitro benzene ring substituents is 1. The van der Waals surface area contributed by atoms with Crippen molar-refractivity contribution < 1.29 is 14.1 Å². The smallest absolute Gasteiger partial charge is 0.280 e. The van der Waals surface area contributed by atoms with Gasteiger partial charge in [0.05, 0.1) is 21.1 Å². The average Bonchev–Trinajstić information content (AvgIpc) is 3.44. The Kier molecular flexibility index (Phi) is 6.22. The van der Waals surface area contributed by atoms with Gasteiger partial charge < -0.3 is 4.42 Å². The molecule has 9 heteroatoms. The topological polar surface area (TPSA) is 102 Å². The first kappa shape index (κ1) is 23.3. The number of aromatic nitrogens is 1. The number of pyridine rings is 1. The molecule has 36 heavy (non-hydrogen) atoms. The molecule has 2 aromatic carbocycles. The Balaban J connectivity index is 1.52. The number of aliphatic imine (C=N–C) groups is 1. The molecular weight excluding hydrogens is 476 g/mol. The minimum absolute atomic E-state index is 0.0369. The molecule has 0 saturated carbocycles. The molecule has 0 spiro atoms. The molecule has 0 N–H and O–H groups in total. The van der Waals surface area contributed by atoms with E-state index in [1.165, 1.54) is 22.7 Å². The highest BCUT2D eigenvalue weighted by molar-refractivity contribution is 8.19. The summed E-state index contributed by atoms with van der Waals surface area (Å²) in [6.45, 7) is 3.67. The van der Waals surface area contributed by atoms with Crippen molar-refractivity contribution in [1.29, 1.82) is 0 Å². The van der Waals surface area contributed by atoms with E-state index in [1.807, 2.05) is 49.4 Å². The Bertz CT molecular complexity index is 1540. The molecule has 1 aliphatic rings. The normalized spacial score (nSPS) is 15.7. The molecule has 1 amide bonds. The zero-order valence-corrected chi connectivity index (χ0v) is 20.2. The number of anilines is 1. The van der Waals surface area contributed by atoms with Crippen LogP contribution in [0.1, 0.15) is 17.0 Å². The lowest BCUT2D eigenvalue weighted by Crippen LogP contribution is -2.28. The van der Waals surface area contributed by atoms with Crippen LogP contribution in [0.25, 0.3) is 17.4 Å². The number of furan rings is 1. The molecule has 0 aliphatic carbocycles. The van der Waals surface area contributed by atoms with Crippen LogP contribution in [0.2, 0.25) is 0 Å². The third-order valence-electron chi connectivity index (χ3n) is 5.42. The second-order valence-corrected chi connectivity index (χ2v) is 9.11. The molecule has 0 bridgehead atoms. The molecular formula is C27H20N4O4S. The van der Waals surface area contributed by atoms with Crippen molar-refractivity contribution in [2.45, 2.75) is 13.8 Å². The van der Waals surface area contributed by atoms with Gasteiger partial charge in [-0.3, -0.25) is 19.8 Å². The molecule has 0 radical (unpaired) electrons. The fourth-order valence-electron chi connectivity index (χ4n) is 3.75. The maximum atomic E-state index is 13.4. The van der Waals surface area contributed by atoms with Crippen molar-refractivity contribution in [3.05, 3.63) is 111 Å². The summed E-state index contributed by atoms with van der Waals surface area (Å²) in [6.07, 6.45) is 1.62. The number of amidine groups is 1. The van der Waals surface area contributed by atoms with Gasteiger partial charge in [0, 0.05) is 17.8 Å². The Hall–Kier alpha value is -4.50. The lowest BCUT2D eigenvalue weighted by molar-refractivity contribution is -0.384. The largest absolute Gasteiger partial charge is 0.456 e. The van der Waals surface area contributed by atoms with Crippen LogP contribution in [0, 0.1) is 24.0 Å². The van der Waals surface area contributed by atoms with Gasteiger partial charge in [-0.05, 0) is 73.6 Å². The van der Waals surface area contributed by atoms with Crippen LogP contribution in [0.5, 0.6) is 0 Å².